The minimum atomic E-state index is -0.839. The normalized spacial score (nSPS) is 41.3. The van der Waals surface area contributed by atoms with Gasteiger partial charge in [-0.3, -0.25) is 4.79 Å². The monoisotopic (exact) mass is 210 g/mol. The minimum absolute atomic E-state index is 0.0413. The third-order valence-corrected chi connectivity index (χ3v) is 3.48. The summed E-state index contributed by atoms with van der Waals surface area (Å²) in [6.45, 7) is 0. The van der Waals surface area contributed by atoms with Crippen molar-refractivity contribution in [2.45, 2.75) is 43.9 Å². The zero-order chi connectivity index (χ0) is 11.0. The van der Waals surface area contributed by atoms with Crippen LogP contribution in [0, 0.1) is 11.8 Å². The standard InChI is InChI=1S/C10H15BO4/c11-9(13)2-1-5-6-3-10(14)15-8(6)4-7(5)12/h5-9,12-13H,1-4H2/t5-,6-,7-,8+,9?/m1/s1. The van der Waals surface area contributed by atoms with Crippen LogP contribution in [0.1, 0.15) is 25.7 Å². The molecule has 4 nitrogen and oxygen atoms in total. The molecule has 1 unspecified atom stereocenters. The highest BCUT2D eigenvalue weighted by molar-refractivity contribution is 6.10. The van der Waals surface area contributed by atoms with Gasteiger partial charge in [-0.2, -0.15) is 0 Å². The molecule has 2 aliphatic rings. The molecule has 2 radical (unpaired) electrons. The topological polar surface area (TPSA) is 66.8 Å². The number of rotatable bonds is 3. The van der Waals surface area contributed by atoms with E-state index in [1.54, 1.807) is 0 Å². The van der Waals surface area contributed by atoms with Crippen molar-refractivity contribution in [1.82, 2.24) is 0 Å². The molecule has 2 rings (SSSR count). The summed E-state index contributed by atoms with van der Waals surface area (Å²) >= 11 is 0. The summed E-state index contributed by atoms with van der Waals surface area (Å²) < 4.78 is 5.10. The zero-order valence-corrected chi connectivity index (χ0v) is 8.50. The van der Waals surface area contributed by atoms with Gasteiger partial charge in [0, 0.05) is 18.3 Å². The maximum atomic E-state index is 11.1. The van der Waals surface area contributed by atoms with E-state index in [1.807, 2.05) is 0 Å². The number of esters is 1. The highest BCUT2D eigenvalue weighted by Gasteiger charge is 2.49. The third-order valence-electron chi connectivity index (χ3n) is 3.48. The molecule has 0 bridgehead atoms. The molecule has 82 valence electrons. The van der Waals surface area contributed by atoms with Crippen LogP contribution in [0.4, 0.5) is 0 Å². The van der Waals surface area contributed by atoms with Crippen LogP contribution in [0.25, 0.3) is 0 Å². The van der Waals surface area contributed by atoms with Crippen LogP contribution < -0.4 is 0 Å². The molecule has 1 aliphatic heterocycles. The molecule has 1 saturated carbocycles. The summed E-state index contributed by atoms with van der Waals surface area (Å²) in [6, 6.07) is -0.839. The van der Waals surface area contributed by atoms with Gasteiger partial charge in [-0.1, -0.05) is 0 Å². The average Bonchev–Trinajstić information content (AvgIpc) is 2.57. The van der Waals surface area contributed by atoms with Crippen LogP contribution >= 0.6 is 0 Å². The van der Waals surface area contributed by atoms with Gasteiger partial charge >= 0.3 is 5.97 Å². The number of fused-ring (bicyclic) bond motifs is 1. The lowest BCUT2D eigenvalue weighted by molar-refractivity contribution is -0.141. The van der Waals surface area contributed by atoms with Crippen molar-refractivity contribution in [3.63, 3.8) is 0 Å². The number of carbonyl (C=O) groups excluding carboxylic acids is 1. The molecule has 1 saturated heterocycles. The Morgan fingerprint density at radius 1 is 1.60 bits per heavy atom. The third kappa shape index (κ3) is 2.18. The van der Waals surface area contributed by atoms with E-state index in [1.165, 1.54) is 0 Å². The van der Waals surface area contributed by atoms with Crippen molar-refractivity contribution >= 4 is 13.8 Å². The van der Waals surface area contributed by atoms with Gasteiger partial charge in [-0.05, 0) is 18.8 Å². The van der Waals surface area contributed by atoms with Gasteiger partial charge in [0.25, 0.3) is 0 Å². The van der Waals surface area contributed by atoms with Crippen molar-refractivity contribution in [2.24, 2.45) is 11.8 Å². The quantitative estimate of drug-likeness (QED) is 0.489. The lowest BCUT2D eigenvalue weighted by Crippen LogP contribution is -2.22. The van der Waals surface area contributed by atoms with Gasteiger partial charge in [-0.25, -0.2) is 0 Å². The van der Waals surface area contributed by atoms with E-state index in [9.17, 15) is 9.90 Å². The molecular formula is C10H15BO4. The minimum Gasteiger partial charge on any atom is -0.462 e. The van der Waals surface area contributed by atoms with E-state index in [-0.39, 0.29) is 23.9 Å². The number of hydrogen-bond donors (Lipinski definition) is 2. The van der Waals surface area contributed by atoms with Gasteiger partial charge in [0.1, 0.15) is 14.0 Å². The molecule has 5 atom stereocenters. The van der Waals surface area contributed by atoms with Gasteiger partial charge < -0.3 is 14.9 Å². The number of aliphatic hydroxyl groups is 2. The van der Waals surface area contributed by atoms with Crippen LogP contribution in [0.15, 0.2) is 0 Å². The lowest BCUT2D eigenvalue weighted by Gasteiger charge is -2.19. The van der Waals surface area contributed by atoms with Crippen LogP contribution in [-0.2, 0) is 9.53 Å². The summed E-state index contributed by atoms with van der Waals surface area (Å²) in [4.78, 5) is 11.1. The molecule has 1 heterocycles. The molecule has 1 aliphatic carbocycles. The first-order valence-corrected chi connectivity index (χ1v) is 5.39. The highest BCUT2D eigenvalue weighted by atomic mass is 16.6. The molecular weight excluding hydrogens is 195 g/mol. The maximum absolute atomic E-state index is 11.1. The Morgan fingerprint density at radius 3 is 3.00 bits per heavy atom. The number of aliphatic hydroxyl groups excluding tert-OH is 2. The van der Waals surface area contributed by atoms with Crippen molar-refractivity contribution in [3.8, 4) is 0 Å². The van der Waals surface area contributed by atoms with Crippen LogP contribution in [0.2, 0.25) is 0 Å². The molecule has 0 aromatic heterocycles. The Morgan fingerprint density at radius 2 is 2.33 bits per heavy atom. The Bertz CT molecular complexity index is 256. The summed E-state index contributed by atoms with van der Waals surface area (Å²) in [7, 11) is 5.26. The number of hydrogen-bond acceptors (Lipinski definition) is 4. The Balaban J connectivity index is 1.94. The second-order valence-electron chi connectivity index (χ2n) is 4.51. The van der Waals surface area contributed by atoms with E-state index in [4.69, 9.17) is 17.7 Å². The fourth-order valence-electron chi connectivity index (χ4n) is 2.75. The molecule has 2 fully saturated rings. The fourth-order valence-corrected chi connectivity index (χ4v) is 2.75. The fraction of sp³-hybridized carbons (Fsp3) is 0.900. The highest BCUT2D eigenvalue weighted by Crippen LogP contribution is 2.43. The first kappa shape index (κ1) is 11.0. The Kier molecular flexibility index (Phi) is 3.02. The van der Waals surface area contributed by atoms with Crippen molar-refractivity contribution in [3.05, 3.63) is 0 Å². The van der Waals surface area contributed by atoms with Gasteiger partial charge in [-0.15, -0.1) is 0 Å². The maximum Gasteiger partial charge on any atom is 0.306 e. The molecule has 0 spiro atoms. The number of carbonyl (C=O) groups is 1. The predicted octanol–water partition coefficient (Wildman–Crippen LogP) is -0.434. The smallest absolute Gasteiger partial charge is 0.306 e. The summed E-state index contributed by atoms with van der Waals surface area (Å²) in [5, 5.41) is 18.8. The van der Waals surface area contributed by atoms with Gasteiger partial charge in [0.2, 0.25) is 0 Å². The number of ether oxygens (including phenoxy) is 1. The van der Waals surface area contributed by atoms with E-state index in [0.717, 1.165) is 0 Å². The summed E-state index contributed by atoms with van der Waals surface area (Å²) in [6.07, 6.45) is 1.49. The molecule has 15 heavy (non-hydrogen) atoms. The molecule has 0 aromatic rings. The first-order valence-electron chi connectivity index (χ1n) is 5.39. The van der Waals surface area contributed by atoms with Crippen LogP contribution in [0.3, 0.4) is 0 Å². The van der Waals surface area contributed by atoms with Crippen molar-refractivity contribution in [1.29, 1.82) is 0 Å². The SMILES string of the molecule is [B]C(O)CC[C@@H]1[C@H]2CC(=O)O[C@H]2C[C@H]1O. The second-order valence-corrected chi connectivity index (χ2v) is 4.51. The Labute approximate surface area is 90.0 Å². The first-order chi connectivity index (χ1) is 7.08. The Hall–Kier alpha value is -0.545. The van der Waals surface area contributed by atoms with Crippen molar-refractivity contribution in [2.75, 3.05) is 0 Å². The summed E-state index contributed by atoms with van der Waals surface area (Å²) in [5.74, 6) is -0.0129. The average molecular weight is 210 g/mol. The van der Waals surface area contributed by atoms with Crippen LogP contribution in [0.5, 0.6) is 0 Å². The largest absolute Gasteiger partial charge is 0.462 e. The molecule has 2 N–H and O–H groups in total. The molecule has 5 heteroatoms. The zero-order valence-electron chi connectivity index (χ0n) is 8.50. The van der Waals surface area contributed by atoms with E-state index in [0.29, 0.717) is 25.7 Å². The van der Waals surface area contributed by atoms with Crippen LogP contribution in [-0.4, -0.2) is 42.2 Å². The molecule has 0 amide bonds. The van der Waals surface area contributed by atoms with Gasteiger partial charge in [0.05, 0.1) is 12.5 Å². The lowest BCUT2D eigenvalue weighted by atomic mass is 9.84. The van der Waals surface area contributed by atoms with E-state index >= 15 is 0 Å². The van der Waals surface area contributed by atoms with E-state index in [2.05, 4.69) is 0 Å². The predicted molar refractivity (Wildman–Crippen MR) is 53.1 cm³/mol. The summed E-state index contributed by atoms with van der Waals surface area (Å²) in [5.41, 5.74) is 0. The van der Waals surface area contributed by atoms with E-state index < -0.39 is 12.1 Å². The van der Waals surface area contributed by atoms with Gasteiger partial charge in [0.15, 0.2) is 0 Å². The van der Waals surface area contributed by atoms with Crippen molar-refractivity contribution < 1.29 is 19.7 Å². The second kappa shape index (κ2) is 4.14. The molecule has 0 aromatic carbocycles.